The molecule has 2 rings (SSSR count). The van der Waals surface area contributed by atoms with E-state index in [-0.39, 0.29) is 5.97 Å². The number of ether oxygens (including phenoxy) is 1. The van der Waals surface area contributed by atoms with Gasteiger partial charge in [0.05, 0.1) is 13.0 Å². The van der Waals surface area contributed by atoms with E-state index in [4.69, 9.17) is 4.74 Å². The molecule has 0 spiro atoms. The summed E-state index contributed by atoms with van der Waals surface area (Å²) in [6.07, 6.45) is 5.73. The van der Waals surface area contributed by atoms with E-state index < -0.39 is 0 Å². The van der Waals surface area contributed by atoms with Crippen molar-refractivity contribution >= 4 is 5.97 Å². The molecule has 1 N–H and O–H groups in total. The highest BCUT2D eigenvalue weighted by atomic mass is 16.5. The van der Waals surface area contributed by atoms with Crippen LogP contribution in [0.2, 0.25) is 0 Å². The van der Waals surface area contributed by atoms with Gasteiger partial charge in [0, 0.05) is 0 Å². The summed E-state index contributed by atoms with van der Waals surface area (Å²) in [6, 6.07) is 0. The fourth-order valence-corrected chi connectivity index (χ4v) is 1.91. The normalized spacial score (nSPS) is 22.6. The molecule has 0 aromatic carbocycles. The molecule has 0 radical (unpaired) electrons. The van der Waals surface area contributed by atoms with Crippen LogP contribution in [-0.2, 0) is 9.53 Å². The van der Waals surface area contributed by atoms with Gasteiger partial charge >= 0.3 is 5.97 Å². The van der Waals surface area contributed by atoms with Gasteiger partial charge < -0.3 is 10.1 Å². The maximum absolute atomic E-state index is 11.3. The molecule has 3 heteroatoms. The SMILES string of the molecule is O=C(CC1CNC1)OCCC1CCC1. The molecule has 1 saturated heterocycles. The van der Waals surface area contributed by atoms with E-state index in [1.165, 1.54) is 19.3 Å². The van der Waals surface area contributed by atoms with Crippen LogP contribution in [0.25, 0.3) is 0 Å². The summed E-state index contributed by atoms with van der Waals surface area (Å²) >= 11 is 0. The summed E-state index contributed by atoms with van der Waals surface area (Å²) in [5.41, 5.74) is 0. The van der Waals surface area contributed by atoms with Crippen LogP contribution in [0.1, 0.15) is 32.1 Å². The molecule has 0 aromatic heterocycles. The number of carbonyl (C=O) groups is 1. The average molecular weight is 197 g/mol. The smallest absolute Gasteiger partial charge is 0.306 e. The van der Waals surface area contributed by atoms with Gasteiger partial charge in [-0.25, -0.2) is 0 Å². The lowest BCUT2D eigenvalue weighted by molar-refractivity contribution is -0.145. The number of hydrogen-bond donors (Lipinski definition) is 1. The Balaban J connectivity index is 1.48. The van der Waals surface area contributed by atoms with E-state index in [2.05, 4.69) is 5.32 Å². The third kappa shape index (κ3) is 2.71. The second-order valence-electron chi connectivity index (χ2n) is 4.53. The molecule has 0 unspecified atom stereocenters. The van der Waals surface area contributed by atoms with Gasteiger partial charge in [0.25, 0.3) is 0 Å². The highest BCUT2D eigenvalue weighted by molar-refractivity contribution is 5.69. The molecule has 1 saturated carbocycles. The minimum Gasteiger partial charge on any atom is -0.466 e. The molecule has 1 heterocycles. The zero-order valence-corrected chi connectivity index (χ0v) is 8.63. The zero-order chi connectivity index (χ0) is 9.80. The van der Waals surface area contributed by atoms with Crippen molar-refractivity contribution < 1.29 is 9.53 Å². The summed E-state index contributed by atoms with van der Waals surface area (Å²) in [7, 11) is 0. The van der Waals surface area contributed by atoms with Crippen molar-refractivity contribution in [3.63, 3.8) is 0 Å². The predicted molar refractivity (Wildman–Crippen MR) is 53.9 cm³/mol. The lowest BCUT2D eigenvalue weighted by Gasteiger charge is -2.27. The first-order chi connectivity index (χ1) is 6.84. The fourth-order valence-electron chi connectivity index (χ4n) is 1.91. The van der Waals surface area contributed by atoms with E-state index >= 15 is 0 Å². The highest BCUT2D eigenvalue weighted by Gasteiger charge is 2.21. The molecular weight excluding hydrogens is 178 g/mol. The van der Waals surface area contributed by atoms with Crippen molar-refractivity contribution in [2.45, 2.75) is 32.1 Å². The zero-order valence-electron chi connectivity index (χ0n) is 8.63. The Bertz CT molecular complexity index is 197. The van der Waals surface area contributed by atoms with Gasteiger partial charge in [0.1, 0.15) is 0 Å². The number of rotatable bonds is 5. The highest BCUT2D eigenvalue weighted by Crippen LogP contribution is 2.29. The van der Waals surface area contributed by atoms with Crippen molar-refractivity contribution in [3.05, 3.63) is 0 Å². The molecule has 0 amide bonds. The number of carbonyl (C=O) groups excluding carboxylic acids is 1. The fraction of sp³-hybridized carbons (Fsp3) is 0.909. The van der Waals surface area contributed by atoms with E-state index in [1.807, 2.05) is 0 Å². The van der Waals surface area contributed by atoms with Crippen LogP contribution in [0.15, 0.2) is 0 Å². The standard InChI is InChI=1S/C11H19NO2/c13-11(6-10-7-12-8-10)14-5-4-9-2-1-3-9/h9-10,12H,1-8H2. The number of esters is 1. The predicted octanol–water partition coefficient (Wildman–Crippen LogP) is 1.33. The van der Waals surface area contributed by atoms with Crippen LogP contribution >= 0.6 is 0 Å². The Hall–Kier alpha value is -0.570. The molecule has 1 aliphatic carbocycles. The van der Waals surface area contributed by atoms with Gasteiger partial charge in [-0.3, -0.25) is 4.79 Å². The molecule has 2 fully saturated rings. The van der Waals surface area contributed by atoms with Crippen LogP contribution in [0.5, 0.6) is 0 Å². The first-order valence-electron chi connectivity index (χ1n) is 5.71. The van der Waals surface area contributed by atoms with E-state index in [1.54, 1.807) is 0 Å². The van der Waals surface area contributed by atoms with Crippen LogP contribution in [0.4, 0.5) is 0 Å². The topological polar surface area (TPSA) is 38.3 Å². The lowest BCUT2D eigenvalue weighted by Crippen LogP contribution is -2.43. The van der Waals surface area contributed by atoms with Crippen molar-refractivity contribution in [2.24, 2.45) is 11.8 Å². The second-order valence-corrected chi connectivity index (χ2v) is 4.53. The molecule has 0 aromatic rings. The number of hydrogen-bond acceptors (Lipinski definition) is 3. The largest absolute Gasteiger partial charge is 0.466 e. The summed E-state index contributed by atoms with van der Waals surface area (Å²) in [6.45, 7) is 2.61. The first kappa shape index (κ1) is 9.97. The van der Waals surface area contributed by atoms with Crippen LogP contribution < -0.4 is 5.32 Å². The van der Waals surface area contributed by atoms with Crippen LogP contribution in [0.3, 0.4) is 0 Å². The molecule has 0 bridgehead atoms. The third-order valence-electron chi connectivity index (χ3n) is 3.34. The molecular formula is C11H19NO2. The molecule has 2 aliphatic rings. The average Bonchev–Trinajstić information content (AvgIpc) is 2.02. The Morgan fingerprint density at radius 1 is 1.29 bits per heavy atom. The van der Waals surface area contributed by atoms with Gasteiger partial charge in [-0.15, -0.1) is 0 Å². The van der Waals surface area contributed by atoms with Crippen LogP contribution in [-0.4, -0.2) is 25.7 Å². The van der Waals surface area contributed by atoms with Gasteiger partial charge in [0.2, 0.25) is 0 Å². The van der Waals surface area contributed by atoms with Gasteiger partial charge in [0.15, 0.2) is 0 Å². The summed E-state index contributed by atoms with van der Waals surface area (Å²) in [5, 5.41) is 3.15. The maximum atomic E-state index is 11.3. The monoisotopic (exact) mass is 197 g/mol. The van der Waals surface area contributed by atoms with Crippen molar-refractivity contribution in [1.29, 1.82) is 0 Å². The number of nitrogens with one attached hydrogen (secondary N) is 1. The van der Waals surface area contributed by atoms with Crippen molar-refractivity contribution in [2.75, 3.05) is 19.7 Å². The molecule has 1 aliphatic heterocycles. The summed E-state index contributed by atoms with van der Waals surface area (Å²) in [4.78, 5) is 11.3. The molecule has 3 nitrogen and oxygen atoms in total. The molecule has 14 heavy (non-hydrogen) atoms. The lowest BCUT2D eigenvalue weighted by atomic mass is 9.83. The van der Waals surface area contributed by atoms with E-state index in [0.29, 0.717) is 18.9 Å². The van der Waals surface area contributed by atoms with E-state index in [0.717, 1.165) is 25.4 Å². The van der Waals surface area contributed by atoms with Crippen LogP contribution in [0, 0.1) is 11.8 Å². The molecule has 0 atom stereocenters. The van der Waals surface area contributed by atoms with Gasteiger partial charge in [-0.1, -0.05) is 19.3 Å². The third-order valence-corrected chi connectivity index (χ3v) is 3.34. The Morgan fingerprint density at radius 2 is 2.07 bits per heavy atom. The Morgan fingerprint density at radius 3 is 2.57 bits per heavy atom. The quantitative estimate of drug-likeness (QED) is 0.676. The maximum Gasteiger partial charge on any atom is 0.306 e. The second kappa shape index (κ2) is 4.78. The van der Waals surface area contributed by atoms with E-state index in [9.17, 15) is 4.79 Å². The van der Waals surface area contributed by atoms with Gasteiger partial charge in [-0.05, 0) is 31.3 Å². The van der Waals surface area contributed by atoms with Crippen molar-refractivity contribution in [3.8, 4) is 0 Å². The van der Waals surface area contributed by atoms with Crippen molar-refractivity contribution in [1.82, 2.24) is 5.32 Å². The Kier molecular flexibility index (Phi) is 3.40. The summed E-state index contributed by atoms with van der Waals surface area (Å²) in [5.74, 6) is 1.37. The summed E-state index contributed by atoms with van der Waals surface area (Å²) < 4.78 is 5.19. The van der Waals surface area contributed by atoms with Gasteiger partial charge in [-0.2, -0.15) is 0 Å². The minimum atomic E-state index is -0.00387. The Labute approximate surface area is 85.2 Å². The molecule has 80 valence electrons. The first-order valence-corrected chi connectivity index (χ1v) is 5.71. The minimum absolute atomic E-state index is 0.00387.